The lowest BCUT2D eigenvalue weighted by molar-refractivity contribution is 0.100. The molecule has 0 fully saturated rings. The van der Waals surface area contributed by atoms with Crippen molar-refractivity contribution in [3.05, 3.63) is 54.1 Å². The fraction of sp³-hybridized carbons (Fsp3) is 0.125. The number of hydrogen-bond acceptors (Lipinski definition) is 5. The highest BCUT2D eigenvalue weighted by molar-refractivity contribution is 5.99. The highest BCUT2D eigenvalue weighted by Gasteiger charge is 2.12. The van der Waals surface area contributed by atoms with E-state index < -0.39 is 5.91 Å². The molecule has 1 aliphatic rings. The van der Waals surface area contributed by atoms with E-state index in [9.17, 15) is 4.79 Å². The third kappa shape index (κ3) is 3.17. The number of nitrogens with one attached hydrogen (secondary N) is 2. The molecule has 0 bridgehead atoms. The first kappa shape index (κ1) is 13.9. The Morgan fingerprint density at radius 3 is 2.73 bits per heavy atom. The number of nitrogens with zero attached hydrogens (tertiary/aromatic N) is 1. The number of rotatable bonds is 4. The number of nitrogens with two attached hydrogens (primary N) is 1. The van der Waals surface area contributed by atoms with Gasteiger partial charge in [0.2, 0.25) is 5.91 Å². The Morgan fingerprint density at radius 1 is 1.23 bits per heavy atom. The molecular formula is C16H16N4O2. The molecule has 0 aromatic heterocycles. The van der Waals surface area contributed by atoms with Crippen LogP contribution in [0, 0.1) is 0 Å². The number of primary amides is 1. The lowest BCUT2D eigenvalue weighted by Crippen LogP contribution is -2.26. The minimum absolute atomic E-state index is 0.404. The van der Waals surface area contributed by atoms with Gasteiger partial charge in [0.05, 0.1) is 12.2 Å². The van der Waals surface area contributed by atoms with Gasteiger partial charge in [-0.1, -0.05) is 18.2 Å². The van der Waals surface area contributed by atoms with Crippen molar-refractivity contribution in [2.45, 2.75) is 0 Å². The van der Waals surface area contributed by atoms with Crippen LogP contribution in [0.1, 0.15) is 10.4 Å². The van der Waals surface area contributed by atoms with Gasteiger partial charge >= 0.3 is 0 Å². The van der Waals surface area contributed by atoms with Gasteiger partial charge in [-0.05, 0) is 30.3 Å². The fourth-order valence-corrected chi connectivity index (χ4v) is 2.09. The molecular weight excluding hydrogens is 280 g/mol. The minimum atomic E-state index is -0.490. The third-order valence-electron chi connectivity index (χ3n) is 3.16. The number of ether oxygens (including phenoxy) is 1. The van der Waals surface area contributed by atoms with Gasteiger partial charge in [0.25, 0.3) is 0 Å². The summed E-state index contributed by atoms with van der Waals surface area (Å²) in [5, 5.41) is 6.24. The van der Waals surface area contributed by atoms with Gasteiger partial charge in [-0.3, -0.25) is 9.79 Å². The molecule has 4 N–H and O–H groups in total. The largest absolute Gasteiger partial charge is 0.455 e. The van der Waals surface area contributed by atoms with Gasteiger partial charge < -0.3 is 21.1 Å². The molecule has 0 saturated heterocycles. The molecule has 0 saturated carbocycles. The summed E-state index contributed by atoms with van der Waals surface area (Å²) in [5.74, 6) is 1.46. The minimum Gasteiger partial charge on any atom is -0.455 e. The first-order valence-corrected chi connectivity index (χ1v) is 6.94. The van der Waals surface area contributed by atoms with Crippen molar-refractivity contribution in [1.29, 1.82) is 0 Å². The molecule has 2 aromatic rings. The Morgan fingerprint density at radius 2 is 2.05 bits per heavy atom. The smallest absolute Gasteiger partial charge is 0.248 e. The van der Waals surface area contributed by atoms with Crippen LogP contribution in [-0.4, -0.2) is 25.0 Å². The van der Waals surface area contributed by atoms with E-state index in [4.69, 9.17) is 10.5 Å². The lowest BCUT2D eigenvalue weighted by atomic mass is 10.1. The maximum absolute atomic E-state index is 11.4. The maximum Gasteiger partial charge on any atom is 0.248 e. The zero-order valence-corrected chi connectivity index (χ0v) is 11.9. The quantitative estimate of drug-likeness (QED) is 0.804. The van der Waals surface area contributed by atoms with Gasteiger partial charge in [0, 0.05) is 12.1 Å². The topological polar surface area (TPSA) is 88.7 Å². The molecule has 0 spiro atoms. The molecule has 6 heteroatoms. The number of para-hydroxylation sites is 1. The van der Waals surface area contributed by atoms with E-state index >= 15 is 0 Å². The Balaban J connectivity index is 1.91. The van der Waals surface area contributed by atoms with E-state index in [1.165, 1.54) is 0 Å². The van der Waals surface area contributed by atoms with Crippen LogP contribution in [0.2, 0.25) is 0 Å². The number of carbonyl (C=O) groups is 1. The van der Waals surface area contributed by atoms with Crippen molar-refractivity contribution < 1.29 is 9.53 Å². The Labute approximate surface area is 128 Å². The van der Waals surface area contributed by atoms with Gasteiger partial charge in [-0.2, -0.15) is 0 Å². The number of aliphatic imine (C=N–C) groups is 1. The second-order valence-corrected chi connectivity index (χ2v) is 4.77. The van der Waals surface area contributed by atoms with Crippen LogP contribution in [0.4, 0.5) is 5.69 Å². The zero-order chi connectivity index (χ0) is 15.4. The number of benzene rings is 2. The molecule has 112 valence electrons. The predicted molar refractivity (Wildman–Crippen MR) is 85.4 cm³/mol. The summed E-state index contributed by atoms with van der Waals surface area (Å²) in [6.07, 6.45) is 0. The summed E-state index contributed by atoms with van der Waals surface area (Å²) in [7, 11) is 0. The second-order valence-electron chi connectivity index (χ2n) is 4.77. The first-order valence-electron chi connectivity index (χ1n) is 6.94. The monoisotopic (exact) mass is 296 g/mol. The molecule has 0 aliphatic carbocycles. The van der Waals surface area contributed by atoms with E-state index in [-0.39, 0.29) is 0 Å². The third-order valence-corrected chi connectivity index (χ3v) is 3.16. The standard InChI is InChI=1S/C16H16N4O2/c17-15(21)11-6-7-14(22-12-4-2-1-3-5-12)13(10-11)20-16-18-8-9-19-16/h1-7,10H,8-9H2,(H2,17,21)(H2,18,19,20). The first-order chi connectivity index (χ1) is 10.7. The Bertz CT molecular complexity index is 713. The normalized spacial score (nSPS) is 13.2. The molecule has 6 nitrogen and oxygen atoms in total. The van der Waals surface area contributed by atoms with Gasteiger partial charge in [-0.15, -0.1) is 0 Å². The molecule has 1 heterocycles. The highest BCUT2D eigenvalue weighted by atomic mass is 16.5. The van der Waals surface area contributed by atoms with Crippen LogP contribution in [0.3, 0.4) is 0 Å². The molecule has 3 rings (SSSR count). The summed E-state index contributed by atoms with van der Waals surface area (Å²) in [6, 6.07) is 14.4. The zero-order valence-electron chi connectivity index (χ0n) is 11.9. The summed E-state index contributed by atoms with van der Waals surface area (Å²) < 4.78 is 5.86. The van der Waals surface area contributed by atoms with Crippen molar-refractivity contribution in [3.8, 4) is 11.5 Å². The van der Waals surface area contributed by atoms with E-state index in [1.54, 1.807) is 18.2 Å². The SMILES string of the molecule is NC(=O)c1ccc(Oc2ccccc2)c(NC2=NCCN2)c1. The molecule has 1 amide bonds. The van der Waals surface area contributed by atoms with Crippen LogP contribution in [0.5, 0.6) is 11.5 Å². The maximum atomic E-state index is 11.4. The molecule has 0 unspecified atom stereocenters. The fourth-order valence-electron chi connectivity index (χ4n) is 2.09. The van der Waals surface area contributed by atoms with Crippen LogP contribution < -0.4 is 21.1 Å². The number of amides is 1. The van der Waals surface area contributed by atoms with E-state index in [0.29, 0.717) is 35.3 Å². The summed E-state index contributed by atoms with van der Waals surface area (Å²) in [5.41, 5.74) is 6.38. The van der Waals surface area contributed by atoms with E-state index in [1.807, 2.05) is 30.3 Å². The van der Waals surface area contributed by atoms with E-state index in [0.717, 1.165) is 6.54 Å². The highest BCUT2D eigenvalue weighted by Crippen LogP contribution is 2.30. The van der Waals surface area contributed by atoms with Gasteiger partial charge in [-0.25, -0.2) is 0 Å². The lowest BCUT2D eigenvalue weighted by Gasteiger charge is -2.14. The van der Waals surface area contributed by atoms with Crippen molar-refractivity contribution >= 4 is 17.6 Å². The van der Waals surface area contributed by atoms with Crippen molar-refractivity contribution in [1.82, 2.24) is 5.32 Å². The number of carbonyl (C=O) groups excluding carboxylic acids is 1. The van der Waals surface area contributed by atoms with Crippen molar-refractivity contribution in [2.75, 3.05) is 18.4 Å². The van der Waals surface area contributed by atoms with Crippen LogP contribution in [-0.2, 0) is 0 Å². The molecule has 0 radical (unpaired) electrons. The number of guanidine groups is 1. The van der Waals surface area contributed by atoms with Crippen LogP contribution in [0.15, 0.2) is 53.5 Å². The van der Waals surface area contributed by atoms with Crippen molar-refractivity contribution in [2.24, 2.45) is 10.7 Å². The summed E-state index contributed by atoms with van der Waals surface area (Å²) in [6.45, 7) is 1.50. The molecule has 2 aromatic carbocycles. The van der Waals surface area contributed by atoms with Gasteiger partial charge in [0.15, 0.2) is 11.7 Å². The number of anilines is 1. The van der Waals surface area contributed by atoms with Gasteiger partial charge in [0.1, 0.15) is 5.75 Å². The summed E-state index contributed by atoms with van der Waals surface area (Å²) >= 11 is 0. The van der Waals surface area contributed by atoms with Crippen LogP contribution in [0.25, 0.3) is 0 Å². The van der Waals surface area contributed by atoms with Crippen LogP contribution >= 0.6 is 0 Å². The average Bonchev–Trinajstić information content (AvgIpc) is 3.03. The average molecular weight is 296 g/mol. The predicted octanol–water partition coefficient (Wildman–Crippen LogP) is 1.95. The molecule has 0 atom stereocenters. The summed E-state index contributed by atoms with van der Waals surface area (Å²) in [4.78, 5) is 15.6. The van der Waals surface area contributed by atoms with Crippen molar-refractivity contribution in [3.63, 3.8) is 0 Å². The number of hydrogen-bond donors (Lipinski definition) is 3. The Kier molecular flexibility index (Phi) is 3.91. The molecule has 1 aliphatic heterocycles. The Hall–Kier alpha value is -3.02. The second kappa shape index (κ2) is 6.17. The van der Waals surface area contributed by atoms with E-state index in [2.05, 4.69) is 15.6 Å². The molecule has 22 heavy (non-hydrogen) atoms.